The monoisotopic (exact) mass is 293 g/mol. The average molecular weight is 293 g/mol. The van der Waals surface area contributed by atoms with E-state index >= 15 is 0 Å². The van der Waals surface area contributed by atoms with Crippen LogP contribution >= 0.6 is 12.6 Å². The van der Waals surface area contributed by atoms with E-state index in [1.54, 1.807) is 18.2 Å². The van der Waals surface area contributed by atoms with Crippen molar-refractivity contribution in [1.29, 1.82) is 0 Å². The van der Waals surface area contributed by atoms with Gasteiger partial charge in [0.15, 0.2) is 11.0 Å². The number of nitrogens with zero attached hydrogens (tertiary/aromatic N) is 1. The molecular weight excluding hydrogens is 282 g/mol. The van der Waals surface area contributed by atoms with Crippen LogP contribution in [0.1, 0.15) is 23.2 Å². The van der Waals surface area contributed by atoms with Gasteiger partial charge in [-0.2, -0.15) is 12.6 Å². The molecule has 7 heteroatoms. The molecule has 1 aromatic rings. The largest absolute Gasteiger partial charge is 0.353 e. The quantitative estimate of drug-likeness (QED) is 0.384. The van der Waals surface area contributed by atoms with Crippen LogP contribution in [0.5, 0.6) is 0 Å². The normalized spacial score (nSPS) is 16.1. The summed E-state index contributed by atoms with van der Waals surface area (Å²) in [4.78, 5) is 50.9. The minimum Gasteiger partial charge on any atom is -0.329 e. The van der Waals surface area contributed by atoms with Gasteiger partial charge in [0.05, 0.1) is 0 Å². The predicted octanol–water partition coefficient (Wildman–Crippen LogP) is 0.775. The number of thiol groups is 1. The van der Waals surface area contributed by atoms with Crippen LogP contribution in [-0.2, 0) is 19.2 Å². The molecule has 104 valence electrons. The number of hydrogen-bond donors (Lipinski definition) is 1. The summed E-state index contributed by atoms with van der Waals surface area (Å²) in [7, 11) is 0. The molecule has 0 aliphatic carbocycles. The van der Waals surface area contributed by atoms with E-state index in [1.807, 2.05) is 0 Å². The second-order valence-electron chi connectivity index (χ2n) is 4.12. The Morgan fingerprint density at radius 1 is 1.10 bits per heavy atom. The lowest BCUT2D eigenvalue weighted by Crippen LogP contribution is -2.37. The van der Waals surface area contributed by atoms with Crippen molar-refractivity contribution in [2.45, 2.75) is 18.1 Å². The number of amides is 2. The number of carbonyl (C=O) groups is 4. The lowest BCUT2D eigenvalue weighted by molar-refractivity contribution is -0.196. The van der Waals surface area contributed by atoms with Gasteiger partial charge < -0.3 is 4.84 Å². The zero-order valence-corrected chi connectivity index (χ0v) is 11.2. The highest BCUT2D eigenvalue weighted by Gasteiger charge is 2.36. The minimum atomic E-state index is -1.39. The van der Waals surface area contributed by atoms with E-state index in [2.05, 4.69) is 17.5 Å². The Morgan fingerprint density at radius 2 is 1.65 bits per heavy atom. The fourth-order valence-electron chi connectivity index (χ4n) is 1.67. The predicted molar refractivity (Wildman–Crippen MR) is 70.7 cm³/mol. The van der Waals surface area contributed by atoms with Gasteiger partial charge in [-0.3, -0.25) is 14.4 Å². The Morgan fingerprint density at radius 3 is 2.20 bits per heavy atom. The maximum absolute atomic E-state index is 12.0. The van der Waals surface area contributed by atoms with Crippen molar-refractivity contribution in [1.82, 2.24) is 5.06 Å². The van der Waals surface area contributed by atoms with Crippen LogP contribution in [0.15, 0.2) is 30.3 Å². The molecule has 1 aromatic carbocycles. The van der Waals surface area contributed by atoms with Gasteiger partial charge in [0.2, 0.25) is 0 Å². The zero-order chi connectivity index (χ0) is 14.7. The van der Waals surface area contributed by atoms with E-state index in [0.29, 0.717) is 10.6 Å². The van der Waals surface area contributed by atoms with Crippen LogP contribution in [0.4, 0.5) is 0 Å². The second-order valence-corrected chi connectivity index (χ2v) is 4.64. The summed E-state index contributed by atoms with van der Waals surface area (Å²) in [5, 5.41) is -0.998. The van der Waals surface area contributed by atoms with E-state index in [9.17, 15) is 19.2 Å². The maximum atomic E-state index is 12.0. The summed E-state index contributed by atoms with van der Waals surface area (Å²) in [5.74, 6) is -2.81. The molecule has 0 radical (unpaired) electrons. The summed E-state index contributed by atoms with van der Waals surface area (Å²) in [6.07, 6.45) is -0.00797. The lowest BCUT2D eigenvalue weighted by Gasteiger charge is -2.15. The number of rotatable bonds is 4. The van der Waals surface area contributed by atoms with E-state index < -0.39 is 28.8 Å². The van der Waals surface area contributed by atoms with E-state index in [1.165, 1.54) is 12.1 Å². The van der Waals surface area contributed by atoms with E-state index in [-0.39, 0.29) is 12.8 Å². The number of hydroxylamine groups is 2. The first-order valence-electron chi connectivity index (χ1n) is 5.85. The highest BCUT2D eigenvalue weighted by molar-refractivity contribution is 7.82. The van der Waals surface area contributed by atoms with Gasteiger partial charge in [0, 0.05) is 18.4 Å². The third-order valence-electron chi connectivity index (χ3n) is 2.72. The highest BCUT2D eigenvalue weighted by Crippen LogP contribution is 2.15. The Kier molecular flexibility index (Phi) is 4.19. The molecule has 1 heterocycles. The first-order valence-corrected chi connectivity index (χ1v) is 6.37. The highest BCUT2D eigenvalue weighted by atomic mass is 32.1. The standard InChI is InChI=1S/C13H11NO5S/c15-9-6-7-10(16)14(9)19-13(18)12(20)11(17)8-4-2-1-3-5-8/h1-5,12,20H,6-7H2/t12-/m0/s1. The fourth-order valence-corrected chi connectivity index (χ4v) is 1.86. The molecule has 1 aliphatic rings. The molecular formula is C13H11NO5S. The number of Topliss-reactive ketones (excluding diaryl/α,β-unsaturated/α-hetero) is 1. The topological polar surface area (TPSA) is 80.8 Å². The maximum Gasteiger partial charge on any atom is 0.353 e. The smallest absolute Gasteiger partial charge is 0.329 e. The van der Waals surface area contributed by atoms with Crippen molar-refractivity contribution in [3.05, 3.63) is 35.9 Å². The molecule has 2 rings (SSSR count). The van der Waals surface area contributed by atoms with Crippen LogP contribution in [0.3, 0.4) is 0 Å². The molecule has 1 saturated heterocycles. The molecule has 2 amide bonds. The van der Waals surface area contributed by atoms with Gasteiger partial charge in [-0.1, -0.05) is 30.3 Å². The summed E-state index contributed by atoms with van der Waals surface area (Å²) in [6.45, 7) is 0. The van der Waals surface area contributed by atoms with Crippen LogP contribution in [0.2, 0.25) is 0 Å². The average Bonchev–Trinajstić information content (AvgIpc) is 2.78. The zero-order valence-electron chi connectivity index (χ0n) is 10.3. The van der Waals surface area contributed by atoms with Gasteiger partial charge >= 0.3 is 5.97 Å². The molecule has 0 unspecified atom stereocenters. The molecule has 0 bridgehead atoms. The Bertz CT molecular complexity index is 555. The molecule has 0 aromatic heterocycles. The third kappa shape index (κ3) is 2.88. The molecule has 0 spiro atoms. The third-order valence-corrected chi connectivity index (χ3v) is 3.16. The first-order chi connectivity index (χ1) is 9.50. The lowest BCUT2D eigenvalue weighted by atomic mass is 10.1. The molecule has 20 heavy (non-hydrogen) atoms. The Hall–Kier alpha value is -2.15. The second kappa shape index (κ2) is 5.87. The summed E-state index contributed by atoms with van der Waals surface area (Å²) in [5.41, 5.74) is 0.295. The van der Waals surface area contributed by atoms with Crippen molar-refractivity contribution in [3.8, 4) is 0 Å². The van der Waals surface area contributed by atoms with Crippen molar-refractivity contribution in [3.63, 3.8) is 0 Å². The summed E-state index contributed by atoms with van der Waals surface area (Å²) in [6, 6.07) is 8.08. The number of ketones is 1. The van der Waals surface area contributed by atoms with Gasteiger partial charge in [-0.25, -0.2) is 4.79 Å². The van der Waals surface area contributed by atoms with Crippen molar-refractivity contribution in [2.24, 2.45) is 0 Å². The SMILES string of the molecule is O=C(ON1C(=O)CCC1=O)[C@@H](S)C(=O)c1ccccc1. The van der Waals surface area contributed by atoms with Crippen LogP contribution in [-0.4, -0.2) is 33.9 Å². The van der Waals surface area contributed by atoms with E-state index in [4.69, 9.17) is 0 Å². The van der Waals surface area contributed by atoms with Crippen LogP contribution in [0, 0.1) is 0 Å². The molecule has 0 N–H and O–H groups in total. The number of benzene rings is 1. The number of imide groups is 1. The molecule has 1 fully saturated rings. The Labute approximate surface area is 120 Å². The Balaban J connectivity index is 2.04. The van der Waals surface area contributed by atoms with Crippen LogP contribution in [0.25, 0.3) is 0 Å². The van der Waals surface area contributed by atoms with Gasteiger partial charge in [0.25, 0.3) is 11.8 Å². The molecule has 6 nitrogen and oxygen atoms in total. The molecule has 0 saturated carbocycles. The molecule has 1 aliphatic heterocycles. The van der Waals surface area contributed by atoms with Gasteiger partial charge in [-0.15, -0.1) is 5.06 Å². The van der Waals surface area contributed by atoms with Gasteiger partial charge in [0.1, 0.15) is 0 Å². The fraction of sp³-hybridized carbons (Fsp3) is 0.231. The van der Waals surface area contributed by atoms with Crippen LogP contribution < -0.4 is 0 Å². The van der Waals surface area contributed by atoms with Crippen molar-refractivity contribution >= 4 is 36.2 Å². The van der Waals surface area contributed by atoms with Crippen molar-refractivity contribution < 1.29 is 24.0 Å². The summed E-state index contributed by atoms with van der Waals surface area (Å²) < 4.78 is 0. The summed E-state index contributed by atoms with van der Waals surface area (Å²) >= 11 is 3.89. The van der Waals surface area contributed by atoms with E-state index in [0.717, 1.165) is 0 Å². The minimum absolute atomic E-state index is 0.00398. The van der Waals surface area contributed by atoms with Crippen molar-refractivity contribution in [2.75, 3.05) is 0 Å². The first kappa shape index (κ1) is 14.3. The number of hydrogen-bond acceptors (Lipinski definition) is 6. The number of carbonyl (C=O) groups excluding carboxylic acids is 4. The van der Waals surface area contributed by atoms with Gasteiger partial charge in [-0.05, 0) is 0 Å². The molecule has 1 atom stereocenters.